The van der Waals surface area contributed by atoms with Crippen LogP contribution in [0.25, 0.3) is 0 Å². The number of likely N-dealkylation sites (N-methyl/N-ethyl adjacent to an activating group) is 1. The average Bonchev–Trinajstić information content (AvgIpc) is 2.30. The third kappa shape index (κ3) is 2.58. The molecule has 1 atom stereocenters. The molecule has 0 aliphatic carbocycles. The van der Waals surface area contributed by atoms with Crippen LogP contribution in [0.1, 0.15) is 18.5 Å². The predicted molar refractivity (Wildman–Crippen MR) is 63.9 cm³/mol. The van der Waals surface area contributed by atoms with E-state index >= 15 is 0 Å². The van der Waals surface area contributed by atoms with Crippen LogP contribution in [-0.2, 0) is 0 Å². The summed E-state index contributed by atoms with van der Waals surface area (Å²) in [5.74, 6) is 0. The van der Waals surface area contributed by atoms with Crippen LogP contribution in [0.4, 0.5) is 0 Å². The summed E-state index contributed by atoms with van der Waals surface area (Å²) in [5, 5.41) is 0. The first-order valence-corrected chi connectivity index (χ1v) is 5.75. The smallest absolute Gasteiger partial charge is 0.0320 e. The maximum atomic E-state index is 2.56. The summed E-state index contributed by atoms with van der Waals surface area (Å²) in [7, 11) is 2.20. The molecule has 2 heteroatoms. The van der Waals surface area contributed by atoms with Crippen molar-refractivity contribution in [3.8, 4) is 0 Å². The van der Waals surface area contributed by atoms with Crippen molar-refractivity contribution >= 4 is 0 Å². The quantitative estimate of drug-likeness (QED) is 0.727. The van der Waals surface area contributed by atoms with Gasteiger partial charge in [-0.3, -0.25) is 4.90 Å². The van der Waals surface area contributed by atoms with Gasteiger partial charge in [0.1, 0.15) is 0 Å². The molecule has 82 valence electrons. The second-order valence-corrected chi connectivity index (χ2v) is 4.43. The van der Waals surface area contributed by atoms with Gasteiger partial charge in [0, 0.05) is 32.2 Å². The molecule has 0 unspecified atom stereocenters. The van der Waals surface area contributed by atoms with Crippen molar-refractivity contribution < 1.29 is 0 Å². The molecule has 0 N–H and O–H groups in total. The number of hydrogen-bond donors (Lipinski definition) is 0. The zero-order valence-corrected chi connectivity index (χ0v) is 9.69. The Kier molecular flexibility index (Phi) is 3.39. The van der Waals surface area contributed by atoms with Crippen molar-refractivity contribution in [2.45, 2.75) is 13.0 Å². The van der Waals surface area contributed by atoms with Gasteiger partial charge in [0.25, 0.3) is 0 Å². The van der Waals surface area contributed by atoms with Crippen molar-refractivity contribution in [3.05, 3.63) is 35.9 Å². The monoisotopic (exact) mass is 204 g/mol. The summed E-state index contributed by atoms with van der Waals surface area (Å²) in [6, 6.07) is 11.3. The fourth-order valence-corrected chi connectivity index (χ4v) is 2.15. The van der Waals surface area contributed by atoms with Crippen molar-refractivity contribution in [2.24, 2.45) is 0 Å². The van der Waals surface area contributed by atoms with Gasteiger partial charge in [0.05, 0.1) is 0 Å². The van der Waals surface area contributed by atoms with Crippen LogP contribution in [-0.4, -0.2) is 43.0 Å². The number of rotatable bonds is 2. The summed E-state index contributed by atoms with van der Waals surface area (Å²) in [6.07, 6.45) is 0. The van der Waals surface area contributed by atoms with E-state index in [9.17, 15) is 0 Å². The van der Waals surface area contributed by atoms with Crippen molar-refractivity contribution in [1.29, 1.82) is 0 Å². The molecule has 1 fully saturated rings. The number of nitrogens with zero attached hydrogens (tertiary/aromatic N) is 2. The third-order valence-electron chi connectivity index (χ3n) is 3.37. The lowest BCUT2D eigenvalue weighted by molar-refractivity contribution is 0.119. The Hall–Kier alpha value is -0.860. The van der Waals surface area contributed by atoms with E-state index in [0.29, 0.717) is 6.04 Å². The molecule has 0 aromatic heterocycles. The highest BCUT2D eigenvalue weighted by Crippen LogP contribution is 2.20. The Bertz CT molecular complexity index is 289. The molecular weight excluding hydrogens is 184 g/mol. The van der Waals surface area contributed by atoms with Gasteiger partial charge in [-0.2, -0.15) is 0 Å². The lowest BCUT2D eigenvalue weighted by atomic mass is 10.1. The summed E-state index contributed by atoms with van der Waals surface area (Å²) in [6.45, 7) is 7.06. The minimum atomic E-state index is 0.555. The van der Waals surface area contributed by atoms with Crippen molar-refractivity contribution in [2.75, 3.05) is 33.2 Å². The van der Waals surface area contributed by atoms with Crippen molar-refractivity contribution in [1.82, 2.24) is 9.80 Å². The van der Waals surface area contributed by atoms with Crippen LogP contribution in [0, 0.1) is 0 Å². The zero-order valence-electron chi connectivity index (χ0n) is 9.69. The molecule has 1 aliphatic heterocycles. The zero-order chi connectivity index (χ0) is 10.7. The maximum absolute atomic E-state index is 2.56. The van der Waals surface area contributed by atoms with Crippen LogP contribution >= 0.6 is 0 Å². The van der Waals surface area contributed by atoms with Gasteiger partial charge in [-0.25, -0.2) is 0 Å². The topological polar surface area (TPSA) is 6.48 Å². The summed E-state index contributed by atoms with van der Waals surface area (Å²) in [5.41, 5.74) is 1.43. The van der Waals surface area contributed by atoms with E-state index in [4.69, 9.17) is 0 Å². The fourth-order valence-electron chi connectivity index (χ4n) is 2.15. The Balaban J connectivity index is 1.99. The molecule has 0 spiro atoms. The first-order valence-electron chi connectivity index (χ1n) is 5.75. The van der Waals surface area contributed by atoms with Crippen LogP contribution in [0.2, 0.25) is 0 Å². The first-order chi connectivity index (χ1) is 7.27. The SMILES string of the molecule is C[C@H](c1ccccc1)N1CCN(C)CC1. The largest absolute Gasteiger partial charge is 0.304 e. The third-order valence-corrected chi connectivity index (χ3v) is 3.37. The van der Waals surface area contributed by atoms with Gasteiger partial charge in [0.2, 0.25) is 0 Å². The molecular formula is C13H20N2. The van der Waals surface area contributed by atoms with Gasteiger partial charge in [-0.15, -0.1) is 0 Å². The number of benzene rings is 1. The van der Waals surface area contributed by atoms with E-state index in [1.54, 1.807) is 0 Å². The first kappa shape index (κ1) is 10.7. The molecule has 1 saturated heterocycles. The van der Waals surface area contributed by atoms with E-state index in [1.165, 1.54) is 31.7 Å². The lowest BCUT2D eigenvalue weighted by Crippen LogP contribution is -2.45. The van der Waals surface area contributed by atoms with Gasteiger partial charge < -0.3 is 4.90 Å². The lowest BCUT2D eigenvalue weighted by Gasteiger charge is -2.36. The van der Waals surface area contributed by atoms with E-state index < -0.39 is 0 Å². The molecule has 1 heterocycles. The molecule has 0 saturated carbocycles. The normalized spacial score (nSPS) is 21.5. The van der Waals surface area contributed by atoms with E-state index in [0.717, 1.165) is 0 Å². The summed E-state index contributed by atoms with van der Waals surface area (Å²) < 4.78 is 0. The molecule has 0 amide bonds. The highest BCUT2D eigenvalue weighted by Gasteiger charge is 2.19. The second-order valence-electron chi connectivity index (χ2n) is 4.43. The molecule has 2 rings (SSSR count). The molecule has 2 nitrogen and oxygen atoms in total. The minimum Gasteiger partial charge on any atom is -0.304 e. The molecule has 1 aliphatic rings. The van der Waals surface area contributed by atoms with E-state index in [-0.39, 0.29) is 0 Å². The highest BCUT2D eigenvalue weighted by molar-refractivity contribution is 5.18. The van der Waals surface area contributed by atoms with Crippen LogP contribution in [0.3, 0.4) is 0 Å². The van der Waals surface area contributed by atoms with Gasteiger partial charge >= 0.3 is 0 Å². The van der Waals surface area contributed by atoms with Gasteiger partial charge in [-0.05, 0) is 19.5 Å². The number of hydrogen-bond acceptors (Lipinski definition) is 2. The van der Waals surface area contributed by atoms with Crippen LogP contribution < -0.4 is 0 Å². The van der Waals surface area contributed by atoms with Crippen LogP contribution in [0.15, 0.2) is 30.3 Å². The van der Waals surface area contributed by atoms with E-state index in [2.05, 4.69) is 54.1 Å². The fraction of sp³-hybridized carbons (Fsp3) is 0.538. The second kappa shape index (κ2) is 4.77. The Morgan fingerprint density at radius 3 is 2.20 bits per heavy atom. The highest BCUT2D eigenvalue weighted by atomic mass is 15.3. The van der Waals surface area contributed by atoms with E-state index in [1.807, 2.05) is 0 Å². The van der Waals surface area contributed by atoms with Gasteiger partial charge in [-0.1, -0.05) is 30.3 Å². The van der Waals surface area contributed by atoms with Crippen molar-refractivity contribution in [3.63, 3.8) is 0 Å². The maximum Gasteiger partial charge on any atom is 0.0320 e. The molecule has 15 heavy (non-hydrogen) atoms. The minimum absolute atomic E-state index is 0.555. The Morgan fingerprint density at radius 1 is 1.00 bits per heavy atom. The molecule has 0 radical (unpaired) electrons. The molecule has 1 aromatic rings. The summed E-state index contributed by atoms with van der Waals surface area (Å²) >= 11 is 0. The van der Waals surface area contributed by atoms with Gasteiger partial charge in [0.15, 0.2) is 0 Å². The number of piperazine rings is 1. The summed E-state index contributed by atoms with van der Waals surface area (Å²) in [4.78, 5) is 4.96. The predicted octanol–water partition coefficient (Wildman–Crippen LogP) is 2.00. The Labute approximate surface area is 92.5 Å². The molecule has 1 aromatic carbocycles. The average molecular weight is 204 g/mol. The standard InChI is InChI=1S/C13H20N2/c1-12(13-6-4-3-5-7-13)15-10-8-14(2)9-11-15/h3-7,12H,8-11H2,1-2H3/t12-/m1/s1. The Morgan fingerprint density at radius 2 is 1.60 bits per heavy atom. The molecule has 0 bridgehead atoms. The van der Waals surface area contributed by atoms with Crippen LogP contribution in [0.5, 0.6) is 0 Å².